The molecule has 0 aliphatic carbocycles. The summed E-state index contributed by atoms with van der Waals surface area (Å²) in [4.78, 5) is 0. The van der Waals surface area contributed by atoms with E-state index < -0.39 is 0 Å². The van der Waals surface area contributed by atoms with Gasteiger partial charge in [-0.15, -0.1) is 0 Å². The van der Waals surface area contributed by atoms with E-state index in [-0.39, 0.29) is 12.6 Å². The van der Waals surface area contributed by atoms with Gasteiger partial charge in [0.2, 0.25) is 0 Å². The molecule has 1 unspecified atom stereocenters. The van der Waals surface area contributed by atoms with Crippen LogP contribution in [0, 0.1) is 0 Å². The second-order valence-corrected chi connectivity index (χ2v) is 5.59. The maximum atomic E-state index is 8.75. The van der Waals surface area contributed by atoms with Crippen LogP contribution in [0.25, 0.3) is 0 Å². The van der Waals surface area contributed by atoms with Crippen LogP contribution in [0.4, 0.5) is 0 Å². The monoisotopic (exact) mass is 281 g/mol. The summed E-state index contributed by atoms with van der Waals surface area (Å²) in [7, 11) is 0. The SMILES string of the molecule is CCCCCCCC/C=C/CCCC/C=C/C(N)CO. The van der Waals surface area contributed by atoms with Crippen LogP contribution < -0.4 is 5.73 Å². The van der Waals surface area contributed by atoms with Crippen molar-refractivity contribution in [2.24, 2.45) is 5.73 Å². The van der Waals surface area contributed by atoms with Gasteiger partial charge < -0.3 is 10.8 Å². The molecule has 0 amide bonds. The van der Waals surface area contributed by atoms with Gasteiger partial charge in [0.15, 0.2) is 0 Å². The van der Waals surface area contributed by atoms with Crippen molar-refractivity contribution in [3.8, 4) is 0 Å². The Morgan fingerprint density at radius 3 is 1.90 bits per heavy atom. The first-order valence-electron chi connectivity index (χ1n) is 8.49. The Bertz CT molecular complexity index is 236. The summed E-state index contributed by atoms with van der Waals surface area (Å²) in [6, 6.07) is -0.188. The van der Waals surface area contributed by atoms with Crippen molar-refractivity contribution in [2.75, 3.05) is 6.61 Å². The van der Waals surface area contributed by atoms with Crippen LogP contribution in [0.15, 0.2) is 24.3 Å². The van der Waals surface area contributed by atoms with E-state index in [4.69, 9.17) is 10.8 Å². The minimum absolute atomic E-state index is 0.0394. The molecule has 1 atom stereocenters. The number of aliphatic hydroxyl groups is 1. The molecule has 0 rings (SSSR count). The van der Waals surface area contributed by atoms with Crippen LogP contribution in [0.2, 0.25) is 0 Å². The van der Waals surface area contributed by atoms with Crippen LogP contribution >= 0.6 is 0 Å². The molecule has 3 N–H and O–H groups in total. The van der Waals surface area contributed by atoms with Crippen LogP contribution in [0.3, 0.4) is 0 Å². The minimum atomic E-state index is -0.188. The van der Waals surface area contributed by atoms with Crippen molar-refractivity contribution in [3.63, 3.8) is 0 Å². The van der Waals surface area contributed by atoms with Gasteiger partial charge in [0.25, 0.3) is 0 Å². The Morgan fingerprint density at radius 2 is 1.30 bits per heavy atom. The molecular weight excluding hydrogens is 246 g/mol. The van der Waals surface area contributed by atoms with Crippen molar-refractivity contribution in [1.82, 2.24) is 0 Å². The second-order valence-electron chi connectivity index (χ2n) is 5.59. The quantitative estimate of drug-likeness (QED) is 0.357. The number of allylic oxidation sites excluding steroid dienone is 3. The van der Waals surface area contributed by atoms with E-state index in [9.17, 15) is 0 Å². The van der Waals surface area contributed by atoms with Crippen LogP contribution in [-0.2, 0) is 0 Å². The average Bonchev–Trinajstić information content (AvgIpc) is 2.47. The topological polar surface area (TPSA) is 46.2 Å². The fourth-order valence-electron chi connectivity index (χ4n) is 2.13. The van der Waals surface area contributed by atoms with E-state index in [1.807, 2.05) is 6.08 Å². The number of hydrogen-bond donors (Lipinski definition) is 2. The lowest BCUT2D eigenvalue weighted by Crippen LogP contribution is -2.20. The molecule has 0 aromatic carbocycles. The fourth-order valence-corrected chi connectivity index (χ4v) is 2.13. The van der Waals surface area contributed by atoms with E-state index in [1.165, 1.54) is 64.2 Å². The highest BCUT2D eigenvalue weighted by molar-refractivity contribution is 4.91. The Kier molecular flexibility index (Phi) is 16.0. The summed E-state index contributed by atoms with van der Waals surface area (Å²) in [5.41, 5.74) is 5.57. The molecule has 0 aliphatic heterocycles. The molecule has 0 spiro atoms. The largest absolute Gasteiger partial charge is 0.394 e. The van der Waals surface area contributed by atoms with E-state index in [0.717, 1.165) is 6.42 Å². The molecule has 2 heteroatoms. The number of aliphatic hydroxyl groups excluding tert-OH is 1. The molecule has 0 fully saturated rings. The third-order valence-electron chi connectivity index (χ3n) is 3.48. The minimum Gasteiger partial charge on any atom is -0.394 e. The van der Waals surface area contributed by atoms with Crippen molar-refractivity contribution in [1.29, 1.82) is 0 Å². The number of nitrogens with two attached hydrogens (primary N) is 1. The van der Waals surface area contributed by atoms with Crippen LogP contribution in [0.5, 0.6) is 0 Å². The first kappa shape index (κ1) is 19.4. The summed E-state index contributed by atoms with van der Waals surface area (Å²) < 4.78 is 0. The molecule has 0 aromatic rings. The van der Waals surface area contributed by atoms with Gasteiger partial charge in [-0.2, -0.15) is 0 Å². The summed E-state index contributed by atoms with van der Waals surface area (Å²) in [5.74, 6) is 0. The molecule has 20 heavy (non-hydrogen) atoms. The molecule has 0 saturated heterocycles. The van der Waals surface area contributed by atoms with E-state index in [2.05, 4.69) is 25.2 Å². The van der Waals surface area contributed by atoms with Crippen LogP contribution in [0.1, 0.15) is 77.6 Å². The normalized spacial score (nSPS) is 13.6. The highest BCUT2D eigenvalue weighted by Gasteiger charge is 1.91. The molecule has 0 bridgehead atoms. The molecule has 118 valence electrons. The van der Waals surface area contributed by atoms with Gasteiger partial charge in [-0.25, -0.2) is 0 Å². The maximum Gasteiger partial charge on any atom is 0.0618 e. The third kappa shape index (κ3) is 15.5. The smallest absolute Gasteiger partial charge is 0.0618 e. The maximum absolute atomic E-state index is 8.75. The summed E-state index contributed by atoms with van der Waals surface area (Å²) >= 11 is 0. The van der Waals surface area contributed by atoms with Crippen LogP contribution in [-0.4, -0.2) is 17.8 Å². The molecule has 0 radical (unpaired) electrons. The molecular formula is C18H35NO. The average molecular weight is 281 g/mol. The molecule has 2 nitrogen and oxygen atoms in total. The van der Waals surface area contributed by atoms with Gasteiger partial charge in [-0.05, 0) is 38.5 Å². The van der Waals surface area contributed by atoms with Gasteiger partial charge in [-0.3, -0.25) is 0 Å². The summed E-state index contributed by atoms with van der Waals surface area (Å²) in [6.07, 6.45) is 22.9. The van der Waals surface area contributed by atoms with E-state index in [0.29, 0.717) is 0 Å². The Balaban J connectivity index is 3.18. The van der Waals surface area contributed by atoms with E-state index >= 15 is 0 Å². The third-order valence-corrected chi connectivity index (χ3v) is 3.48. The predicted octanol–water partition coefficient (Wildman–Crippen LogP) is 4.73. The van der Waals surface area contributed by atoms with Gasteiger partial charge in [0, 0.05) is 6.04 Å². The summed E-state index contributed by atoms with van der Waals surface area (Å²) in [6.45, 7) is 2.30. The lowest BCUT2D eigenvalue weighted by molar-refractivity contribution is 0.284. The zero-order chi connectivity index (χ0) is 14.9. The number of unbranched alkanes of at least 4 members (excludes halogenated alkanes) is 9. The molecule has 0 aromatic heterocycles. The Morgan fingerprint density at radius 1 is 0.800 bits per heavy atom. The predicted molar refractivity (Wildman–Crippen MR) is 89.8 cm³/mol. The Labute approximate surface area is 126 Å². The van der Waals surface area contributed by atoms with Gasteiger partial charge >= 0.3 is 0 Å². The zero-order valence-electron chi connectivity index (χ0n) is 13.4. The Hall–Kier alpha value is -0.600. The molecule has 0 saturated carbocycles. The van der Waals surface area contributed by atoms with E-state index in [1.54, 1.807) is 0 Å². The lowest BCUT2D eigenvalue weighted by Gasteiger charge is -1.99. The highest BCUT2D eigenvalue weighted by atomic mass is 16.3. The zero-order valence-corrected chi connectivity index (χ0v) is 13.4. The fraction of sp³-hybridized carbons (Fsp3) is 0.778. The first-order chi connectivity index (χ1) is 9.81. The molecule has 0 heterocycles. The highest BCUT2D eigenvalue weighted by Crippen LogP contribution is 2.08. The van der Waals surface area contributed by atoms with Crippen molar-refractivity contribution in [3.05, 3.63) is 24.3 Å². The lowest BCUT2D eigenvalue weighted by atomic mass is 10.1. The van der Waals surface area contributed by atoms with Gasteiger partial charge in [0.1, 0.15) is 0 Å². The summed E-state index contributed by atoms with van der Waals surface area (Å²) in [5, 5.41) is 8.75. The first-order valence-corrected chi connectivity index (χ1v) is 8.49. The van der Waals surface area contributed by atoms with Gasteiger partial charge in [0.05, 0.1) is 6.61 Å². The van der Waals surface area contributed by atoms with Gasteiger partial charge in [-0.1, -0.05) is 63.3 Å². The van der Waals surface area contributed by atoms with Crippen molar-refractivity contribution < 1.29 is 5.11 Å². The molecule has 0 aliphatic rings. The number of hydrogen-bond acceptors (Lipinski definition) is 2. The second kappa shape index (κ2) is 16.5. The van der Waals surface area contributed by atoms with Crippen molar-refractivity contribution >= 4 is 0 Å². The standard InChI is InChI=1S/C18H35NO/c1-2-3-4-5-6-7-8-9-10-11-12-13-14-15-16-18(19)17-20/h9-10,15-16,18,20H,2-8,11-14,17,19H2,1H3/b10-9+,16-15+. The number of rotatable bonds is 14. The van der Waals surface area contributed by atoms with Crippen molar-refractivity contribution in [2.45, 2.75) is 83.6 Å².